The van der Waals surface area contributed by atoms with Gasteiger partial charge in [0.15, 0.2) is 0 Å². The van der Waals surface area contributed by atoms with Crippen LogP contribution >= 0.6 is 11.3 Å². The predicted octanol–water partition coefficient (Wildman–Crippen LogP) is 2.71. The molecule has 0 radical (unpaired) electrons. The molecule has 0 amide bonds. The smallest absolute Gasteiger partial charge is 0.0325 e. The van der Waals surface area contributed by atoms with Gasteiger partial charge in [0, 0.05) is 23.5 Å². The lowest BCUT2D eigenvalue weighted by Crippen LogP contribution is -2.52. The number of hydrogen-bond acceptors (Lipinski definition) is 3. The van der Waals surface area contributed by atoms with Crippen molar-refractivity contribution in [3.05, 3.63) is 22.4 Å². The van der Waals surface area contributed by atoms with Crippen LogP contribution in [-0.2, 0) is 6.54 Å². The average molecular weight is 238 g/mol. The van der Waals surface area contributed by atoms with Crippen LogP contribution in [0.1, 0.15) is 31.1 Å². The fourth-order valence-corrected chi connectivity index (χ4v) is 3.36. The molecule has 1 atom stereocenters. The third-order valence-electron chi connectivity index (χ3n) is 3.33. The molecule has 1 aliphatic heterocycles. The molecule has 1 aromatic heterocycles. The van der Waals surface area contributed by atoms with Gasteiger partial charge in [0.05, 0.1) is 0 Å². The number of nitrogens with zero attached hydrogens (tertiary/aromatic N) is 1. The van der Waals surface area contributed by atoms with Crippen molar-refractivity contribution in [3.8, 4) is 0 Å². The Balaban J connectivity index is 1.84. The van der Waals surface area contributed by atoms with E-state index < -0.39 is 0 Å². The number of piperidine rings is 1. The zero-order chi connectivity index (χ0) is 11.4. The Hall–Kier alpha value is -0.380. The van der Waals surface area contributed by atoms with Crippen LogP contribution in [-0.4, -0.2) is 30.6 Å². The largest absolute Gasteiger partial charge is 0.310 e. The van der Waals surface area contributed by atoms with Gasteiger partial charge in [0.2, 0.25) is 0 Å². The first-order valence-electron chi connectivity index (χ1n) is 6.14. The normalized spacial score (nSPS) is 26.2. The maximum atomic E-state index is 3.67. The van der Waals surface area contributed by atoms with E-state index in [-0.39, 0.29) is 0 Å². The summed E-state index contributed by atoms with van der Waals surface area (Å²) in [6, 6.07) is 4.35. The van der Waals surface area contributed by atoms with E-state index in [4.69, 9.17) is 0 Å². The molecule has 16 heavy (non-hydrogen) atoms. The Kier molecular flexibility index (Phi) is 4.00. The lowest BCUT2D eigenvalue weighted by Gasteiger charge is -2.38. The second-order valence-corrected chi connectivity index (χ2v) is 6.23. The summed E-state index contributed by atoms with van der Waals surface area (Å²) < 4.78 is 0. The van der Waals surface area contributed by atoms with E-state index in [1.807, 2.05) is 11.3 Å². The average Bonchev–Trinajstić information content (AvgIpc) is 2.70. The van der Waals surface area contributed by atoms with Crippen molar-refractivity contribution in [2.24, 2.45) is 0 Å². The molecule has 1 unspecified atom stereocenters. The van der Waals surface area contributed by atoms with Gasteiger partial charge in [-0.25, -0.2) is 0 Å². The van der Waals surface area contributed by atoms with Crippen molar-refractivity contribution in [3.63, 3.8) is 0 Å². The summed E-state index contributed by atoms with van der Waals surface area (Å²) in [4.78, 5) is 3.89. The fraction of sp³-hybridized carbons (Fsp3) is 0.692. The van der Waals surface area contributed by atoms with E-state index in [0.29, 0.717) is 5.54 Å². The number of thiophene rings is 1. The number of hydrogen-bond donors (Lipinski definition) is 1. The van der Waals surface area contributed by atoms with E-state index >= 15 is 0 Å². The number of rotatable bonds is 4. The number of nitrogens with one attached hydrogen (secondary N) is 1. The van der Waals surface area contributed by atoms with Crippen molar-refractivity contribution in [1.29, 1.82) is 0 Å². The Labute approximate surface area is 103 Å². The first kappa shape index (κ1) is 12.1. The summed E-state index contributed by atoms with van der Waals surface area (Å²) in [6.45, 7) is 5.76. The molecule has 1 fully saturated rings. The second kappa shape index (κ2) is 5.30. The van der Waals surface area contributed by atoms with E-state index in [0.717, 1.165) is 13.1 Å². The van der Waals surface area contributed by atoms with Gasteiger partial charge >= 0.3 is 0 Å². The molecule has 1 N–H and O–H groups in total. The molecule has 0 bridgehead atoms. The minimum Gasteiger partial charge on any atom is -0.310 e. The Morgan fingerprint density at radius 1 is 1.50 bits per heavy atom. The minimum absolute atomic E-state index is 0.324. The maximum Gasteiger partial charge on any atom is 0.0325 e. The van der Waals surface area contributed by atoms with Crippen molar-refractivity contribution in [1.82, 2.24) is 10.2 Å². The van der Waals surface area contributed by atoms with Gasteiger partial charge in [0.25, 0.3) is 0 Å². The molecule has 90 valence electrons. The van der Waals surface area contributed by atoms with E-state index in [2.05, 4.69) is 41.7 Å². The SMILES string of the molecule is CN(Cc1cccs1)CC1(C)CCCCN1. The molecule has 2 heterocycles. The molecule has 2 nitrogen and oxygen atoms in total. The molecule has 1 aromatic rings. The van der Waals surface area contributed by atoms with Crippen molar-refractivity contribution in [2.45, 2.75) is 38.3 Å². The minimum atomic E-state index is 0.324. The maximum absolute atomic E-state index is 3.67. The van der Waals surface area contributed by atoms with Gasteiger partial charge in [-0.3, -0.25) is 4.90 Å². The van der Waals surface area contributed by atoms with Crippen LogP contribution in [0.5, 0.6) is 0 Å². The Morgan fingerprint density at radius 2 is 2.38 bits per heavy atom. The van der Waals surface area contributed by atoms with Crippen LogP contribution in [0.4, 0.5) is 0 Å². The molecule has 0 saturated carbocycles. The third kappa shape index (κ3) is 3.30. The molecule has 1 aliphatic rings. The van der Waals surface area contributed by atoms with Crippen LogP contribution < -0.4 is 5.32 Å². The molecule has 1 saturated heterocycles. The number of likely N-dealkylation sites (N-methyl/N-ethyl adjacent to an activating group) is 1. The van der Waals surface area contributed by atoms with Crippen LogP contribution in [0, 0.1) is 0 Å². The topological polar surface area (TPSA) is 15.3 Å². The van der Waals surface area contributed by atoms with Crippen molar-refractivity contribution in [2.75, 3.05) is 20.1 Å². The molecule has 0 spiro atoms. The van der Waals surface area contributed by atoms with E-state index in [1.54, 1.807) is 0 Å². The van der Waals surface area contributed by atoms with Crippen LogP contribution in [0.3, 0.4) is 0 Å². The second-order valence-electron chi connectivity index (χ2n) is 5.20. The highest BCUT2D eigenvalue weighted by Crippen LogP contribution is 2.20. The van der Waals surface area contributed by atoms with Gasteiger partial charge in [-0.05, 0) is 44.8 Å². The first-order chi connectivity index (χ1) is 7.68. The molecular formula is C13H22N2S. The van der Waals surface area contributed by atoms with Gasteiger partial charge in [0.1, 0.15) is 0 Å². The van der Waals surface area contributed by atoms with Gasteiger partial charge in [-0.15, -0.1) is 11.3 Å². The quantitative estimate of drug-likeness (QED) is 0.867. The van der Waals surface area contributed by atoms with E-state index in [1.165, 1.54) is 30.7 Å². The Bertz CT molecular complexity index is 302. The monoisotopic (exact) mass is 238 g/mol. The lowest BCUT2D eigenvalue weighted by atomic mass is 9.90. The molecule has 0 aliphatic carbocycles. The lowest BCUT2D eigenvalue weighted by molar-refractivity contribution is 0.183. The van der Waals surface area contributed by atoms with E-state index in [9.17, 15) is 0 Å². The van der Waals surface area contributed by atoms with Crippen molar-refractivity contribution < 1.29 is 0 Å². The predicted molar refractivity (Wildman–Crippen MR) is 70.9 cm³/mol. The third-order valence-corrected chi connectivity index (χ3v) is 4.19. The molecule has 2 rings (SSSR count). The van der Waals surface area contributed by atoms with Crippen LogP contribution in [0.25, 0.3) is 0 Å². The first-order valence-corrected chi connectivity index (χ1v) is 7.02. The summed E-state index contributed by atoms with van der Waals surface area (Å²) in [5.41, 5.74) is 0.324. The van der Waals surface area contributed by atoms with Gasteiger partial charge in [-0.1, -0.05) is 12.5 Å². The Morgan fingerprint density at radius 3 is 3.00 bits per heavy atom. The standard InChI is InChI=1S/C13H22N2S/c1-13(7-3-4-8-14-13)11-15(2)10-12-6-5-9-16-12/h5-6,9,14H,3-4,7-8,10-11H2,1-2H3. The zero-order valence-electron chi connectivity index (χ0n) is 10.3. The summed E-state index contributed by atoms with van der Waals surface area (Å²) in [5, 5.41) is 5.82. The van der Waals surface area contributed by atoms with Crippen LogP contribution in [0.15, 0.2) is 17.5 Å². The van der Waals surface area contributed by atoms with Gasteiger partial charge < -0.3 is 5.32 Å². The van der Waals surface area contributed by atoms with Crippen molar-refractivity contribution >= 4 is 11.3 Å². The molecular weight excluding hydrogens is 216 g/mol. The molecule has 3 heteroatoms. The highest BCUT2D eigenvalue weighted by Gasteiger charge is 2.27. The fourth-order valence-electron chi connectivity index (χ4n) is 2.57. The van der Waals surface area contributed by atoms with Crippen LogP contribution in [0.2, 0.25) is 0 Å². The summed E-state index contributed by atoms with van der Waals surface area (Å²) in [5.74, 6) is 0. The summed E-state index contributed by atoms with van der Waals surface area (Å²) >= 11 is 1.85. The highest BCUT2D eigenvalue weighted by molar-refractivity contribution is 7.09. The highest BCUT2D eigenvalue weighted by atomic mass is 32.1. The summed E-state index contributed by atoms with van der Waals surface area (Å²) in [6.07, 6.45) is 4.02. The molecule has 0 aromatic carbocycles. The van der Waals surface area contributed by atoms with Gasteiger partial charge in [-0.2, -0.15) is 0 Å². The zero-order valence-corrected chi connectivity index (χ0v) is 11.1. The summed E-state index contributed by atoms with van der Waals surface area (Å²) in [7, 11) is 2.22.